The molecule has 1 amide bonds. The van der Waals surface area contributed by atoms with Crippen molar-refractivity contribution in [2.45, 2.75) is 58.8 Å². The van der Waals surface area contributed by atoms with E-state index in [1.54, 1.807) is 13.0 Å². The molecule has 0 spiro atoms. The Morgan fingerprint density at radius 1 is 1.15 bits per heavy atom. The second-order valence-electron chi connectivity index (χ2n) is 7.99. The number of benzene rings is 2. The van der Waals surface area contributed by atoms with E-state index in [-0.39, 0.29) is 47.9 Å². The standard InChI is InChI=1S/C27H36N2O4/c1-4-33-25-17-20(12-13-22(25)27(31)32)18-26(30)28-23(16-19(2)3)21-10-6-7-11-24(21)29-14-8-5-9-15-29/h6-7,10-13,17,19,23H,4-5,8-9,14-16,18H2,1-3H3,(H,28,30)(H,31,32)/t23-/m0/s1/i5D2,8D2,9D2,14D2,15D2. The molecule has 1 aliphatic rings. The van der Waals surface area contributed by atoms with Gasteiger partial charge >= 0.3 is 5.97 Å². The molecule has 0 aliphatic carbocycles. The third-order valence-electron chi connectivity index (χ3n) is 5.00. The molecule has 1 saturated heterocycles. The van der Waals surface area contributed by atoms with Gasteiger partial charge in [0, 0.05) is 32.4 Å². The number of nitrogens with zero attached hydrogens (tertiary/aromatic N) is 1. The van der Waals surface area contributed by atoms with Crippen LogP contribution >= 0.6 is 0 Å². The molecule has 178 valence electrons. The molecular formula is C27H36N2O4. The summed E-state index contributed by atoms with van der Waals surface area (Å²) in [5.74, 6) is -1.63. The van der Waals surface area contributed by atoms with Crippen molar-refractivity contribution >= 4 is 17.6 Å². The number of amides is 1. The summed E-state index contributed by atoms with van der Waals surface area (Å²) in [6, 6.07) is 9.18. The Balaban J connectivity index is 2.07. The molecule has 2 aromatic rings. The van der Waals surface area contributed by atoms with E-state index >= 15 is 0 Å². The molecule has 0 saturated carbocycles. The number of aromatic carboxylic acids is 1. The lowest BCUT2D eigenvalue weighted by Crippen LogP contribution is -2.34. The van der Waals surface area contributed by atoms with Crippen LogP contribution in [0.5, 0.6) is 5.75 Å². The smallest absolute Gasteiger partial charge is 0.339 e. The molecule has 2 aromatic carbocycles. The fourth-order valence-corrected chi connectivity index (χ4v) is 3.63. The number of rotatable bonds is 10. The number of hydrogen-bond donors (Lipinski definition) is 2. The maximum Gasteiger partial charge on any atom is 0.339 e. The van der Waals surface area contributed by atoms with Gasteiger partial charge in [0.05, 0.1) is 19.1 Å². The molecule has 33 heavy (non-hydrogen) atoms. The molecule has 1 atom stereocenters. The van der Waals surface area contributed by atoms with E-state index in [0.717, 1.165) is 0 Å². The Morgan fingerprint density at radius 2 is 1.88 bits per heavy atom. The van der Waals surface area contributed by atoms with Gasteiger partial charge in [0.25, 0.3) is 0 Å². The van der Waals surface area contributed by atoms with Crippen LogP contribution in [0.25, 0.3) is 0 Å². The highest BCUT2D eigenvalue weighted by atomic mass is 16.5. The van der Waals surface area contributed by atoms with E-state index in [1.807, 2.05) is 13.8 Å². The van der Waals surface area contributed by atoms with Crippen LogP contribution in [0.1, 0.15) is 87.5 Å². The average Bonchev–Trinajstić information content (AvgIpc) is 2.87. The first-order valence-corrected chi connectivity index (χ1v) is 10.8. The van der Waals surface area contributed by atoms with Crippen molar-refractivity contribution < 1.29 is 33.1 Å². The minimum atomic E-state index is -3.56. The Bertz CT molecular complexity index is 1340. The van der Waals surface area contributed by atoms with Crippen LogP contribution in [-0.2, 0) is 11.2 Å². The predicted octanol–water partition coefficient (Wildman–Crippen LogP) is 5.22. The topological polar surface area (TPSA) is 78.9 Å². The molecule has 1 fully saturated rings. The maximum atomic E-state index is 13.3. The van der Waals surface area contributed by atoms with Gasteiger partial charge in [0.2, 0.25) is 5.91 Å². The predicted molar refractivity (Wildman–Crippen MR) is 131 cm³/mol. The summed E-state index contributed by atoms with van der Waals surface area (Å²) < 4.78 is 89.3. The number of carbonyl (C=O) groups excluding carboxylic acids is 1. The van der Waals surface area contributed by atoms with Gasteiger partial charge in [0.15, 0.2) is 0 Å². The summed E-state index contributed by atoms with van der Waals surface area (Å²) in [6.07, 6.45) is -10.5. The first kappa shape index (κ1) is 14.3. The monoisotopic (exact) mass is 462 g/mol. The first-order valence-electron chi connectivity index (χ1n) is 15.8. The van der Waals surface area contributed by atoms with Gasteiger partial charge in [-0.2, -0.15) is 0 Å². The third-order valence-corrected chi connectivity index (χ3v) is 5.00. The molecule has 0 radical (unpaired) electrons. The van der Waals surface area contributed by atoms with Gasteiger partial charge in [-0.1, -0.05) is 38.1 Å². The number of carboxylic acid groups (broad SMARTS) is 1. The van der Waals surface area contributed by atoms with Crippen LogP contribution in [0.3, 0.4) is 0 Å². The van der Waals surface area contributed by atoms with Gasteiger partial charge in [-0.05, 0) is 67.7 Å². The molecule has 0 aromatic heterocycles. The van der Waals surface area contributed by atoms with Gasteiger partial charge in [-0.25, -0.2) is 4.79 Å². The molecule has 2 N–H and O–H groups in total. The SMILES string of the molecule is [2H]C1([2H])N(c2ccccc2[C@H](CC(C)C)NC(=O)Cc2ccc(C(=O)O)c(OCC)c2)C([2H])([2H])C([2H])([2H])C([2H])([2H])C1([2H])[2H]. The average molecular weight is 463 g/mol. The quantitative estimate of drug-likeness (QED) is 0.506. The Kier molecular flexibility index (Phi) is 5.08. The highest BCUT2D eigenvalue weighted by molar-refractivity contribution is 5.91. The lowest BCUT2D eigenvalue weighted by Gasteiger charge is -2.33. The van der Waals surface area contributed by atoms with E-state index in [4.69, 9.17) is 18.4 Å². The van der Waals surface area contributed by atoms with Gasteiger partial charge in [-0.3, -0.25) is 4.79 Å². The maximum absolute atomic E-state index is 13.3. The van der Waals surface area contributed by atoms with Crippen molar-refractivity contribution in [1.29, 1.82) is 0 Å². The zero-order chi connectivity index (χ0) is 32.8. The van der Waals surface area contributed by atoms with Crippen molar-refractivity contribution in [3.63, 3.8) is 0 Å². The number of piperidine rings is 1. The van der Waals surface area contributed by atoms with Crippen LogP contribution in [0.2, 0.25) is 0 Å². The fraction of sp³-hybridized carbons (Fsp3) is 0.481. The van der Waals surface area contributed by atoms with Crippen LogP contribution in [-0.4, -0.2) is 36.6 Å². The first-order chi connectivity index (χ1) is 19.6. The number of carbonyl (C=O) groups is 2. The molecule has 1 heterocycles. The lowest BCUT2D eigenvalue weighted by atomic mass is 9.94. The molecule has 1 aliphatic heterocycles. The summed E-state index contributed by atoms with van der Waals surface area (Å²) in [6.45, 7) is -1.10. The second-order valence-corrected chi connectivity index (χ2v) is 7.99. The molecule has 0 unspecified atom stereocenters. The molecule has 6 heteroatoms. The number of ether oxygens (including phenoxy) is 1. The minimum absolute atomic E-state index is 0.0420. The Morgan fingerprint density at radius 3 is 2.55 bits per heavy atom. The van der Waals surface area contributed by atoms with E-state index in [1.165, 1.54) is 36.4 Å². The van der Waals surface area contributed by atoms with Gasteiger partial charge in [0.1, 0.15) is 11.3 Å². The molecular weight excluding hydrogens is 416 g/mol. The van der Waals surface area contributed by atoms with Crippen molar-refractivity contribution in [3.05, 3.63) is 59.2 Å². The Hall–Kier alpha value is -3.02. The van der Waals surface area contributed by atoms with Crippen LogP contribution < -0.4 is 15.0 Å². The number of carboxylic acids is 1. The van der Waals surface area contributed by atoms with Crippen molar-refractivity contribution in [2.24, 2.45) is 5.92 Å². The third kappa shape index (κ3) is 6.73. The largest absolute Gasteiger partial charge is 0.493 e. The Labute approximate surface area is 211 Å². The molecule has 3 rings (SSSR count). The summed E-state index contributed by atoms with van der Waals surface area (Å²) >= 11 is 0. The molecule has 0 bridgehead atoms. The zero-order valence-electron chi connectivity index (χ0n) is 28.9. The van der Waals surface area contributed by atoms with Crippen LogP contribution in [0.15, 0.2) is 42.5 Å². The highest BCUT2D eigenvalue weighted by Gasteiger charge is 2.23. The summed E-state index contributed by atoms with van der Waals surface area (Å²) in [5, 5.41) is 12.3. The zero-order valence-corrected chi connectivity index (χ0v) is 18.9. The minimum Gasteiger partial charge on any atom is -0.493 e. The molecule has 6 nitrogen and oxygen atoms in total. The van der Waals surface area contributed by atoms with E-state index in [2.05, 4.69) is 5.32 Å². The number of para-hydroxylation sites is 1. The number of hydrogen-bond acceptors (Lipinski definition) is 4. The van der Waals surface area contributed by atoms with Crippen LogP contribution in [0, 0.1) is 5.92 Å². The number of anilines is 1. The van der Waals surface area contributed by atoms with Crippen molar-refractivity contribution in [2.75, 3.05) is 24.5 Å². The highest BCUT2D eigenvalue weighted by Crippen LogP contribution is 2.32. The van der Waals surface area contributed by atoms with E-state index < -0.39 is 50.0 Å². The summed E-state index contributed by atoms with van der Waals surface area (Å²) in [4.78, 5) is 25.1. The fourth-order valence-electron chi connectivity index (χ4n) is 3.63. The lowest BCUT2D eigenvalue weighted by molar-refractivity contribution is -0.121. The van der Waals surface area contributed by atoms with Crippen LogP contribution in [0.4, 0.5) is 5.69 Å². The van der Waals surface area contributed by atoms with Crippen molar-refractivity contribution in [3.8, 4) is 5.75 Å². The normalized spacial score (nSPS) is 26.8. The van der Waals surface area contributed by atoms with Gasteiger partial charge < -0.3 is 20.1 Å². The van der Waals surface area contributed by atoms with Crippen molar-refractivity contribution in [1.82, 2.24) is 5.32 Å². The van der Waals surface area contributed by atoms with E-state index in [9.17, 15) is 14.7 Å². The summed E-state index contributed by atoms with van der Waals surface area (Å²) in [5.41, 5.74) is 0.334. The second kappa shape index (κ2) is 11.7. The van der Waals surface area contributed by atoms with E-state index in [0.29, 0.717) is 10.5 Å². The van der Waals surface area contributed by atoms with Gasteiger partial charge in [-0.15, -0.1) is 0 Å². The number of nitrogens with one attached hydrogen (secondary N) is 1. The summed E-state index contributed by atoms with van der Waals surface area (Å²) in [7, 11) is 0.